The smallest absolute Gasteiger partial charge is 0.229 e. The molecular weight excluding hydrogens is 268 g/mol. The summed E-state index contributed by atoms with van der Waals surface area (Å²) >= 11 is 0. The third kappa shape index (κ3) is 3.12. The Labute approximate surface area is 123 Å². The lowest BCUT2D eigenvalue weighted by Crippen LogP contribution is -2.36. The van der Waals surface area contributed by atoms with Crippen LogP contribution in [0.15, 0.2) is 17.2 Å². The quantitative estimate of drug-likeness (QED) is 0.829. The molecule has 2 aromatic heterocycles. The zero-order valence-corrected chi connectivity index (χ0v) is 12.1. The Balaban J connectivity index is 1.33. The molecule has 1 atom stereocenters. The van der Waals surface area contributed by atoms with Crippen molar-refractivity contribution in [3.63, 3.8) is 0 Å². The van der Waals surface area contributed by atoms with Crippen LogP contribution in [0.4, 0.5) is 0 Å². The predicted molar refractivity (Wildman–Crippen MR) is 74.3 cm³/mol. The second-order valence-electron chi connectivity index (χ2n) is 6.18. The van der Waals surface area contributed by atoms with Gasteiger partial charge in [0, 0.05) is 19.0 Å². The lowest BCUT2D eigenvalue weighted by Gasteiger charge is -2.31. The zero-order valence-electron chi connectivity index (χ0n) is 12.1. The van der Waals surface area contributed by atoms with Crippen LogP contribution in [0, 0.1) is 5.92 Å². The van der Waals surface area contributed by atoms with E-state index in [0.717, 1.165) is 37.9 Å². The van der Waals surface area contributed by atoms with Crippen LogP contribution in [0.1, 0.15) is 43.3 Å². The van der Waals surface area contributed by atoms with E-state index in [1.165, 1.54) is 25.7 Å². The molecule has 4 rings (SSSR count). The molecule has 2 aromatic rings. The van der Waals surface area contributed by atoms with Crippen molar-refractivity contribution in [3.05, 3.63) is 24.4 Å². The summed E-state index contributed by atoms with van der Waals surface area (Å²) in [6.07, 6.45) is 8.25. The summed E-state index contributed by atoms with van der Waals surface area (Å²) in [5, 5.41) is 8.31. The van der Waals surface area contributed by atoms with Crippen molar-refractivity contribution in [2.24, 2.45) is 5.92 Å². The van der Waals surface area contributed by atoms with Crippen molar-refractivity contribution in [3.8, 4) is 0 Å². The molecule has 1 saturated heterocycles. The highest BCUT2D eigenvalue weighted by Crippen LogP contribution is 2.38. The number of hydrogen-bond donors (Lipinski definition) is 0. The van der Waals surface area contributed by atoms with Gasteiger partial charge in [0.15, 0.2) is 5.82 Å². The van der Waals surface area contributed by atoms with Gasteiger partial charge >= 0.3 is 0 Å². The first-order valence-electron chi connectivity index (χ1n) is 7.74. The zero-order chi connectivity index (χ0) is 14.1. The van der Waals surface area contributed by atoms with Crippen molar-refractivity contribution in [1.29, 1.82) is 0 Å². The average molecular weight is 288 g/mol. The van der Waals surface area contributed by atoms with E-state index < -0.39 is 0 Å². The number of nitrogens with zero attached hydrogens (tertiary/aromatic N) is 6. The summed E-state index contributed by atoms with van der Waals surface area (Å²) in [6.45, 7) is 3.91. The van der Waals surface area contributed by atoms with Gasteiger partial charge in [0.05, 0.1) is 6.54 Å². The minimum Gasteiger partial charge on any atom is -0.339 e. The van der Waals surface area contributed by atoms with Crippen LogP contribution >= 0.6 is 0 Å². The summed E-state index contributed by atoms with van der Waals surface area (Å²) < 4.78 is 7.26. The van der Waals surface area contributed by atoms with Crippen molar-refractivity contribution < 1.29 is 4.52 Å². The van der Waals surface area contributed by atoms with E-state index in [9.17, 15) is 0 Å². The monoisotopic (exact) mass is 288 g/mol. The molecule has 1 saturated carbocycles. The van der Waals surface area contributed by atoms with E-state index in [4.69, 9.17) is 4.52 Å². The van der Waals surface area contributed by atoms with E-state index in [-0.39, 0.29) is 0 Å². The third-order valence-electron chi connectivity index (χ3n) is 4.29. The molecule has 3 heterocycles. The highest BCUT2D eigenvalue weighted by atomic mass is 16.5. The molecule has 0 N–H and O–H groups in total. The van der Waals surface area contributed by atoms with Gasteiger partial charge in [0.25, 0.3) is 0 Å². The molecule has 21 heavy (non-hydrogen) atoms. The van der Waals surface area contributed by atoms with E-state index >= 15 is 0 Å². The molecule has 0 radical (unpaired) electrons. The fourth-order valence-electron chi connectivity index (χ4n) is 3.06. The van der Waals surface area contributed by atoms with Gasteiger partial charge in [-0.1, -0.05) is 5.16 Å². The minimum absolute atomic E-state index is 0.535. The van der Waals surface area contributed by atoms with Crippen LogP contribution in [-0.4, -0.2) is 42.9 Å². The second kappa shape index (κ2) is 5.55. The maximum Gasteiger partial charge on any atom is 0.229 e. The van der Waals surface area contributed by atoms with Crippen molar-refractivity contribution >= 4 is 0 Å². The lowest BCUT2D eigenvalue weighted by molar-refractivity contribution is 0.149. The summed E-state index contributed by atoms with van der Waals surface area (Å²) in [5.74, 6) is 2.82. The first kappa shape index (κ1) is 12.9. The van der Waals surface area contributed by atoms with E-state index in [1.807, 2.05) is 4.68 Å². The first-order valence-corrected chi connectivity index (χ1v) is 7.74. The van der Waals surface area contributed by atoms with E-state index in [2.05, 4.69) is 25.1 Å². The van der Waals surface area contributed by atoms with Gasteiger partial charge < -0.3 is 4.52 Å². The lowest BCUT2D eigenvalue weighted by atomic mass is 9.98. The fourth-order valence-corrected chi connectivity index (χ4v) is 3.06. The van der Waals surface area contributed by atoms with Crippen LogP contribution in [-0.2, 0) is 13.1 Å². The highest BCUT2D eigenvalue weighted by Gasteiger charge is 2.30. The van der Waals surface area contributed by atoms with Crippen LogP contribution < -0.4 is 0 Å². The fraction of sp³-hybridized carbons (Fsp3) is 0.714. The largest absolute Gasteiger partial charge is 0.339 e. The summed E-state index contributed by atoms with van der Waals surface area (Å²) in [7, 11) is 0. The molecule has 7 nitrogen and oxygen atoms in total. The van der Waals surface area contributed by atoms with Crippen LogP contribution in [0.25, 0.3) is 0 Å². The van der Waals surface area contributed by atoms with Crippen molar-refractivity contribution in [2.45, 2.75) is 44.7 Å². The van der Waals surface area contributed by atoms with Gasteiger partial charge in [-0.25, -0.2) is 4.98 Å². The minimum atomic E-state index is 0.535. The van der Waals surface area contributed by atoms with Gasteiger partial charge in [-0.3, -0.25) is 9.58 Å². The molecule has 0 bridgehead atoms. The number of aromatic nitrogens is 5. The normalized spacial score (nSPS) is 23.5. The molecular formula is C14H20N6O. The van der Waals surface area contributed by atoms with E-state index in [1.54, 1.807) is 12.7 Å². The molecule has 0 spiro atoms. The third-order valence-corrected chi connectivity index (χ3v) is 4.29. The number of piperidine rings is 1. The highest BCUT2D eigenvalue weighted by molar-refractivity contribution is 5.01. The molecule has 1 aliphatic heterocycles. The Bertz CT molecular complexity index is 576. The van der Waals surface area contributed by atoms with Gasteiger partial charge in [-0.2, -0.15) is 10.1 Å². The molecule has 7 heteroatoms. The first-order chi connectivity index (χ1) is 10.4. The van der Waals surface area contributed by atoms with Gasteiger partial charge in [0.2, 0.25) is 5.89 Å². The molecule has 0 unspecified atom stereocenters. The number of hydrogen-bond acceptors (Lipinski definition) is 6. The Morgan fingerprint density at radius 3 is 3.05 bits per heavy atom. The Morgan fingerprint density at radius 1 is 1.29 bits per heavy atom. The van der Waals surface area contributed by atoms with Crippen molar-refractivity contribution in [2.75, 3.05) is 13.1 Å². The second-order valence-corrected chi connectivity index (χ2v) is 6.18. The Kier molecular flexibility index (Phi) is 3.42. The van der Waals surface area contributed by atoms with Crippen LogP contribution in [0.5, 0.6) is 0 Å². The number of rotatable bonds is 5. The van der Waals surface area contributed by atoms with Gasteiger partial charge in [-0.15, -0.1) is 0 Å². The maximum atomic E-state index is 5.33. The van der Waals surface area contributed by atoms with Crippen LogP contribution in [0.2, 0.25) is 0 Å². The Hall–Kier alpha value is -1.76. The molecule has 1 aliphatic carbocycles. The SMILES string of the molecule is c1ncn(C[C@H]2CCCN(Cc3noc(C4CC4)n3)C2)n1. The van der Waals surface area contributed by atoms with Gasteiger partial charge in [-0.05, 0) is 38.1 Å². The van der Waals surface area contributed by atoms with E-state index in [0.29, 0.717) is 11.8 Å². The average Bonchev–Trinajstić information content (AvgIpc) is 3.02. The summed E-state index contributed by atoms with van der Waals surface area (Å²) in [4.78, 5) is 10.9. The van der Waals surface area contributed by atoms with Crippen molar-refractivity contribution in [1.82, 2.24) is 29.8 Å². The predicted octanol–water partition coefficient (Wildman–Crippen LogP) is 1.45. The molecule has 2 fully saturated rings. The molecule has 112 valence electrons. The standard InChI is InChI=1S/C14H20N6O/c1-2-11(7-20-10-15-9-16-20)6-19(5-1)8-13-17-14(21-18-13)12-3-4-12/h9-12H,1-8H2/t11-/m0/s1. The van der Waals surface area contributed by atoms with Gasteiger partial charge in [0.1, 0.15) is 12.7 Å². The Morgan fingerprint density at radius 2 is 2.24 bits per heavy atom. The van der Waals surface area contributed by atoms with Crippen LogP contribution in [0.3, 0.4) is 0 Å². The summed E-state index contributed by atoms with van der Waals surface area (Å²) in [6, 6.07) is 0. The molecule has 2 aliphatic rings. The summed E-state index contributed by atoms with van der Waals surface area (Å²) in [5.41, 5.74) is 0. The maximum absolute atomic E-state index is 5.33. The number of likely N-dealkylation sites (tertiary alicyclic amines) is 1. The molecule has 0 amide bonds. The molecule has 0 aromatic carbocycles. The topological polar surface area (TPSA) is 72.9 Å².